The van der Waals surface area contributed by atoms with E-state index < -0.39 is 0 Å². The van der Waals surface area contributed by atoms with Crippen LogP contribution in [-0.2, 0) is 6.54 Å². The van der Waals surface area contributed by atoms with Crippen molar-refractivity contribution in [3.8, 4) is 5.75 Å². The number of nitrogens with zero attached hydrogens (tertiary/aromatic N) is 1. The lowest BCUT2D eigenvalue weighted by molar-refractivity contribution is 0.302. The molecule has 1 atom stereocenters. The fourth-order valence-electron chi connectivity index (χ4n) is 1.46. The third-order valence-electron chi connectivity index (χ3n) is 2.96. The van der Waals surface area contributed by atoms with Gasteiger partial charge < -0.3 is 15.3 Å². The van der Waals surface area contributed by atoms with E-state index in [0.717, 1.165) is 17.7 Å². The van der Waals surface area contributed by atoms with E-state index in [1.54, 1.807) is 0 Å². The second-order valence-electron chi connectivity index (χ2n) is 4.53. The zero-order valence-corrected chi connectivity index (χ0v) is 10.6. The Morgan fingerprint density at radius 1 is 1.38 bits per heavy atom. The molecule has 0 saturated carbocycles. The van der Waals surface area contributed by atoms with Gasteiger partial charge in [0.2, 0.25) is 0 Å². The summed E-state index contributed by atoms with van der Waals surface area (Å²) in [6.07, 6.45) is 0. The van der Waals surface area contributed by atoms with Crippen molar-refractivity contribution < 1.29 is 5.11 Å². The van der Waals surface area contributed by atoms with Gasteiger partial charge in [-0.15, -0.1) is 0 Å². The number of nitrogens with one attached hydrogen (secondary N) is 1. The van der Waals surface area contributed by atoms with Crippen LogP contribution in [0.25, 0.3) is 0 Å². The second-order valence-corrected chi connectivity index (χ2v) is 4.53. The Hall–Kier alpha value is -1.06. The highest BCUT2D eigenvalue weighted by molar-refractivity contribution is 5.39. The minimum atomic E-state index is 0.410. The average molecular weight is 222 g/mol. The van der Waals surface area contributed by atoms with Gasteiger partial charge in [-0.1, -0.05) is 18.2 Å². The summed E-state index contributed by atoms with van der Waals surface area (Å²) in [5, 5.41) is 13.2. The summed E-state index contributed by atoms with van der Waals surface area (Å²) in [6.45, 7) is 5.72. The van der Waals surface area contributed by atoms with Gasteiger partial charge in [-0.2, -0.15) is 0 Å². The van der Waals surface area contributed by atoms with Crippen LogP contribution in [0.2, 0.25) is 0 Å². The first-order chi connectivity index (χ1) is 7.52. The summed E-state index contributed by atoms with van der Waals surface area (Å²) in [5.41, 5.74) is 1.89. The molecule has 0 aliphatic carbocycles. The molecule has 3 nitrogen and oxygen atoms in total. The maximum Gasteiger partial charge on any atom is 0.122 e. The largest absolute Gasteiger partial charge is 0.507 e. The average Bonchev–Trinajstić information content (AvgIpc) is 2.24. The van der Waals surface area contributed by atoms with Crippen molar-refractivity contribution in [3.05, 3.63) is 29.3 Å². The Kier molecular flexibility index (Phi) is 4.77. The molecule has 2 N–H and O–H groups in total. The lowest BCUT2D eigenvalue weighted by atomic mass is 10.1. The first-order valence-electron chi connectivity index (χ1n) is 5.67. The number of para-hydroxylation sites is 1. The van der Waals surface area contributed by atoms with E-state index in [1.807, 2.05) is 25.1 Å². The molecule has 0 aromatic heterocycles. The first kappa shape index (κ1) is 13.0. The molecule has 16 heavy (non-hydrogen) atoms. The predicted molar refractivity (Wildman–Crippen MR) is 67.7 cm³/mol. The summed E-state index contributed by atoms with van der Waals surface area (Å²) < 4.78 is 0. The molecule has 0 bridgehead atoms. The minimum absolute atomic E-state index is 0.410. The fourth-order valence-corrected chi connectivity index (χ4v) is 1.46. The van der Waals surface area contributed by atoms with E-state index in [-0.39, 0.29) is 0 Å². The van der Waals surface area contributed by atoms with E-state index in [4.69, 9.17) is 0 Å². The van der Waals surface area contributed by atoms with Gasteiger partial charge in [0, 0.05) is 24.7 Å². The summed E-state index contributed by atoms with van der Waals surface area (Å²) in [4.78, 5) is 2.17. The van der Waals surface area contributed by atoms with Crippen molar-refractivity contribution in [1.82, 2.24) is 10.2 Å². The van der Waals surface area contributed by atoms with Crippen LogP contribution >= 0.6 is 0 Å². The van der Waals surface area contributed by atoms with Gasteiger partial charge in [-0.25, -0.2) is 0 Å². The van der Waals surface area contributed by atoms with Gasteiger partial charge >= 0.3 is 0 Å². The van der Waals surface area contributed by atoms with Gasteiger partial charge in [0.15, 0.2) is 0 Å². The number of aryl methyl sites for hydroxylation is 1. The van der Waals surface area contributed by atoms with Crippen LogP contribution in [0, 0.1) is 6.92 Å². The van der Waals surface area contributed by atoms with Crippen LogP contribution in [0.5, 0.6) is 5.75 Å². The number of phenolic OH excluding ortho intramolecular Hbond substituents is 1. The summed E-state index contributed by atoms with van der Waals surface area (Å²) in [6, 6.07) is 6.34. The Morgan fingerprint density at radius 3 is 2.69 bits per heavy atom. The van der Waals surface area contributed by atoms with Crippen molar-refractivity contribution in [2.24, 2.45) is 0 Å². The molecule has 0 saturated heterocycles. The minimum Gasteiger partial charge on any atom is -0.507 e. The monoisotopic (exact) mass is 222 g/mol. The molecule has 1 aromatic rings. The Bertz CT molecular complexity index is 337. The molecule has 0 aliphatic heterocycles. The molecule has 90 valence electrons. The molecule has 1 aromatic carbocycles. The van der Waals surface area contributed by atoms with E-state index in [0.29, 0.717) is 18.3 Å². The fraction of sp³-hybridized carbons (Fsp3) is 0.538. The summed E-state index contributed by atoms with van der Waals surface area (Å²) >= 11 is 0. The van der Waals surface area contributed by atoms with E-state index in [9.17, 15) is 5.11 Å². The number of hydrogen-bond acceptors (Lipinski definition) is 3. The molecule has 0 amide bonds. The van der Waals surface area contributed by atoms with Gasteiger partial charge in [-0.3, -0.25) is 0 Å². The number of benzene rings is 1. The van der Waals surface area contributed by atoms with E-state index in [2.05, 4.69) is 31.2 Å². The van der Waals surface area contributed by atoms with Gasteiger partial charge in [0.05, 0.1) is 0 Å². The lowest BCUT2D eigenvalue weighted by Crippen LogP contribution is -2.35. The third kappa shape index (κ3) is 3.51. The standard InChI is InChI=1S/C13H22N2O/c1-10-6-5-7-12(13(10)16)9-14-8-11(2)15(3)4/h5-7,11,14,16H,8-9H2,1-4H3. The Labute approximate surface area is 98.1 Å². The van der Waals surface area contributed by atoms with Crippen molar-refractivity contribution >= 4 is 0 Å². The second kappa shape index (κ2) is 5.87. The predicted octanol–water partition coefficient (Wildman–Crippen LogP) is 1.74. The third-order valence-corrected chi connectivity index (χ3v) is 2.96. The zero-order chi connectivity index (χ0) is 12.1. The van der Waals surface area contributed by atoms with Crippen LogP contribution in [-0.4, -0.2) is 36.7 Å². The maximum absolute atomic E-state index is 9.82. The molecule has 0 aliphatic rings. The van der Waals surface area contributed by atoms with Crippen LogP contribution in [0.4, 0.5) is 0 Å². The number of hydrogen-bond donors (Lipinski definition) is 2. The SMILES string of the molecule is Cc1cccc(CNCC(C)N(C)C)c1O. The quantitative estimate of drug-likeness (QED) is 0.796. The Balaban J connectivity index is 2.46. The van der Waals surface area contributed by atoms with Gasteiger partial charge in [0.1, 0.15) is 5.75 Å². The van der Waals surface area contributed by atoms with Crippen LogP contribution in [0.3, 0.4) is 0 Å². The van der Waals surface area contributed by atoms with Crippen LogP contribution in [0.15, 0.2) is 18.2 Å². The molecule has 0 fully saturated rings. The maximum atomic E-state index is 9.82. The number of likely N-dealkylation sites (N-methyl/N-ethyl adjacent to an activating group) is 1. The van der Waals surface area contributed by atoms with Crippen LogP contribution < -0.4 is 5.32 Å². The van der Waals surface area contributed by atoms with Crippen molar-refractivity contribution in [2.45, 2.75) is 26.4 Å². The first-order valence-corrected chi connectivity index (χ1v) is 5.67. The molecule has 0 radical (unpaired) electrons. The number of rotatable bonds is 5. The normalized spacial score (nSPS) is 13.1. The van der Waals surface area contributed by atoms with Crippen molar-refractivity contribution in [1.29, 1.82) is 0 Å². The molecule has 1 unspecified atom stereocenters. The molecule has 3 heteroatoms. The molecule has 1 rings (SSSR count). The van der Waals surface area contributed by atoms with E-state index >= 15 is 0 Å². The highest BCUT2D eigenvalue weighted by atomic mass is 16.3. The molecule has 0 spiro atoms. The van der Waals surface area contributed by atoms with Crippen molar-refractivity contribution in [3.63, 3.8) is 0 Å². The van der Waals surface area contributed by atoms with Gasteiger partial charge in [-0.05, 0) is 33.5 Å². The highest BCUT2D eigenvalue weighted by Crippen LogP contribution is 2.20. The zero-order valence-electron chi connectivity index (χ0n) is 10.6. The molecular weight excluding hydrogens is 200 g/mol. The Morgan fingerprint density at radius 2 is 2.06 bits per heavy atom. The molecule has 0 heterocycles. The summed E-state index contributed by atoms with van der Waals surface area (Å²) in [5.74, 6) is 0.410. The topological polar surface area (TPSA) is 35.5 Å². The lowest BCUT2D eigenvalue weighted by Gasteiger charge is -2.20. The highest BCUT2D eigenvalue weighted by Gasteiger charge is 2.06. The van der Waals surface area contributed by atoms with Crippen LogP contribution in [0.1, 0.15) is 18.1 Å². The number of aromatic hydroxyl groups is 1. The van der Waals surface area contributed by atoms with Gasteiger partial charge in [0.25, 0.3) is 0 Å². The molecular formula is C13H22N2O. The number of phenols is 1. The van der Waals surface area contributed by atoms with E-state index in [1.165, 1.54) is 0 Å². The van der Waals surface area contributed by atoms with Crippen molar-refractivity contribution in [2.75, 3.05) is 20.6 Å². The summed E-state index contributed by atoms with van der Waals surface area (Å²) in [7, 11) is 4.13. The smallest absolute Gasteiger partial charge is 0.122 e.